The highest BCUT2D eigenvalue weighted by Gasteiger charge is 1.83. The largest absolute Gasteiger partial charge is 0.402 e. The third kappa shape index (κ3) is 3.76. The summed E-state index contributed by atoms with van der Waals surface area (Å²) in [5, 5.41) is 0. The second kappa shape index (κ2) is 4.13. The van der Waals surface area contributed by atoms with Crippen molar-refractivity contribution < 1.29 is 0 Å². The first-order valence-corrected chi connectivity index (χ1v) is 3.11. The molecule has 2 heteroatoms. The molecule has 0 aliphatic rings. The van der Waals surface area contributed by atoms with E-state index in [0.29, 0.717) is 0 Å². The SMILES string of the molecule is CCN=C/C(C)=C(/C)N. The molecule has 0 bridgehead atoms. The van der Waals surface area contributed by atoms with Crippen LogP contribution in [0.25, 0.3) is 0 Å². The minimum absolute atomic E-state index is 0.824. The summed E-state index contributed by atoms with van der Waals surface area (Å²) in [5.74, 6) is 0. The van der Waals surface area contributed by atoms with Crippen molar-refractivity contribution in [2.45, 2.75) is 20.8 Å². The van der Waals surface area contributed by atoms with Crippen LogP contribution in [0.15, 0.2) is 16.3 Å². The Hall–Kier alpha value is -0.790. The molecule has 2 nitrogen and oxygen atoms in total. The Bertz CT molecular complexity index is 130. The fourth-order valence-electron chi connectivity index (χ4n) is 0.330. The van der Waals surface area contributed by atoms with Crippen molar-refractivity contribution in [3.05, 3.63) is 11.3 Å². The second-order valence-corrected chi connectivity index (χ2v) is 1.99. The Kier molecular flexibility index (Phi) is 3.76. The summed E-state index contributed by atoms with van der Waals surface area (Å²) >= 11 is 0. The molecule has 0 aromatic rings. The van der Waals surface area contributed by atoms with Crippen LogP contribution in [0.5, 0.6) is 0 Å². The number of nitrogens with zero attached hydrogens (tertiary/aromatic N) is 1. The summed E-state index contributed by atoms with van der Waals surface area (Å²) in [6, 6.07) is 0. The van der Waals surface area contributed by atoms with Crippen molar-refractivity contribution in [2.24, 2.45) is 10.7 Å². The molecule has 0 unspecified atom stereocenters. The lowest BCUT2D eigenvalue weighted by molar-refractivity contribution is 1.13. The fourth-order valence-corrected chi connectivity index (χ4v) is 0.330. The zero-order valence-electron chi connectivity index (χ0n) is 6.31. The van der Waals surface area contributed by atoms with Gasteiger partial charge >= 0.3 is 0 Å². The van der Waals surface area contributed by atoms with Crippen LogP contribution in [0, 0.1) is 0 Å². The quantitative estimate of drug-likeness (QED) is 0.557. The number of hydrogen-bond donors (Lipinski definition) is 1. The van der Waals surface area contributed by atoms with E-state index in [1.807, 2.05) is 20.8 Å². The molecule has 0 aliphatic heterocycles. The molecule has 2 N–H and O–H groups in total. The minimum Gasteiger partial charge on any atom is -0.402 e. The van der Waals surface area contributed by atoms with E-state index in [-0.39, 0.29) is 0 Å². The van der Waals surface area contributed by atoms with Crippen LogP contribution in [-0.2, 0) is 0 Å². The smallest absolute Gasteiger partial charge is 0.0361 e. The van der Waals surface area contributed by atoms with Crippen LogP contribution in [0.2, 0.25) is 0 Å². The molecule has 0 saturated heterocycles. The summed E-state index contributed by atoms with van der Waals surface area (Å²) in [6.07, 6.45) is 1.80. The van der Waals surface area contributed by atoms with Crippen molar-refractivity contribution in [3.8, 4) is 0 Å². The summed E-state index contributed by atoms with van der Waals surface area (Å²) in [6.45, 7) is 6.64. The molecule has 0 radical (unpaired) electrons. The molecular weight excluding hydrogens is 112 g/mol. The van der Waals surface area contributed by atoms with E-state index >= 15 is 0 Å². The molecule has 0 aliphatic carbocycles. The molecule has 0 aromatic heterocycles. The van der Waals surface area contributed by atoms with Gasteiger partial charge in [-0.2, -0.15) is 0 Å². The number of nitrogens with two attached hydrogens (primary N) is 1. The lowest BCUT2D eigenvalue weighted by Gasteiger charge is -1.92. The van der Waals surface area contributed by atoms with E-state index in [1.54, 1.807) is 6.21 Å². The number of allylic oxidation sites excluding steroid dienone is 2. The zero-order chi connectivity index (χ0) is 7.28. The van der Waals surface area contributed by atoms with Gasteiger partial charge in [0, 0.05) is 18.5 Å². The Morgan fingerprint density at radius 2 is 2.11 bits per heavy atom. The molecular formula is C7H14N2. The van der Waals surface area contributed by atoms with Crippen molar-refractivity contribution in [2.75, 3.05) is 6.54 Å². The normalized spacial score (nSPS) is 14.1. The van der Waals surface area contributed by atoms with E-state index in [0.717, 1.165) is 17.8 Å². The molecule has 0 amide bonds. The summed E-state index contributed by atoms with van der Waals surface area (Å²) < 4.78 is 0. The Labute approximate surface area is 56.5 Å². The Morgan fingerprint density at radius 3 is 2.44 bits per heavy atom. The molecule has 0 saturated carbocycles. The van der Waals surface area contributed by atoms with Gasteiger partial charge in [0.05, 0.1) is 0 Å². The van der Waals surface area contributed by atoms with Gasteiger partial charge in [0.2, 0.25) is 0 Å². The maximum absolute atomic E-state index is 5.47. The maximum Gasteiger partial charge on any atom is 0.0361 e. The van der Waals surface area contributed by atoms with Gasteiger partial charge in [0.15, 0.2) is 0 Å². The summed E-state index contributed by atoms with van der Waals surface area (Å²) in [4.78, 5) is 4.03. The maximum atomic E-state index is 5.47. The number of hydrogen-bond acceptors (Lipinski definition) is 2. The number of rotatable bonds is 2. The van der Waals surface area contributed by atoms with Gasteiger partial charge < -0.3 is 5.73 Å². The third-order valence-electron chi connectivity index (χ3n) is 1.09. The molecule has 0 rings (SSSR count). The van der Waals surface area contributed by atoms with E-state index < -0.39 is 0 Å². The third-order valence-corrected chi connectivity index (χ3v) is 1.09. The van der Waals surface area contributed by atoms with Crippen molar-refractivity contribution in [1.82, 2.24) is 0 Å². The average molecular weight is 126 g/mol. The molecule has 0 fully saturated rings. The van der Waals surface area contributed by atoms with Crippen LogP contribution in [0.4, 0.5) is 0 Å². The predicted molar refractivity (Wildman–Crippen MR) is 41.6 cm³/mol. The Balaban J connectivity index is 3.91. The standard InChI is InChI=1S/C7H14N2/c1-4-9-5-6(2)7(3)8/h5H,4,8H2,1-3H3/b7-6-,9-5?. The summed E-state index contributed by atoms with van der Waals surface area (Å²) in [7, 11) is 0. The van der Waals surface area contributed by atoms with Crippen molar-refractivity contribution in [1.29, 1.82) is 0 Å². The lowest BCUT2D eigenvalue weighted by Crippen LogP contribution is -1.96. The van der Waals surface area contributed by atoms with Gasteiger partial charge in [-0.25, -0.2) is 0 Å². The van der Waals surface area contributed by atoms with Gasteiger partial charge in [-0.15, -0.1) is 0 Å². The molecule has 0 aromatic carbocycles. The highest BCUT2D eigenvalue weighted by atomic mass is 14.7. The Morgan fingerprint density at radius 1 is 1.56 bits per heavy atom. The first-order chi connectivity index (χ1) is 4.18. The van der Waals surface area contributed by atoms with E-state index in [9.17, 15) is 0 Å². The monoisotopic (exact) mass is 126 g/mol. The molecule has 9 heavy (non-hydrogen) atoms. The fraction of sp³-hybridized carbons (Fsp3) is 0.571. The zero-order valence-corrected chi connectivity index (χ0v) is 6.31. The van der Waals surface area contributed by atoms with Crippen LogP contribution >= 0.6 is 0 Å². The highest BCUT2D eigenvalue weighted by molar-refractivity contribution is 5.78. The van der Waals surface area contributed by atoms with E-state index in [1.165, 1.54) is 0 Å². The van der Waals surface area contributed by atoms with Gasteiger partial charge in [0.1, 0.15) is 0 Å². The van der Waals surface area contributed by atoms with Crippen molar-refractivity contribution in [3.63, 3.8) is 0 Å². The van der Waals surface area contributed by atoms with Gasteiger partial charge in [-0.3, -0.25) is 4.99 Å². The molecule has 52 valence electrons. The van der Waals surface area contributed by atoms with Gasteiger partial charge in [-0.05, 0) is 26.3 Å². The van der Waals surface area contributed by atoms with Crippen LogP contribution in [-0.4, -0.2) is 12.8 Å². The average Bonchev–Trinajstić information content (AvgIpc) is 1.82. The topological polar surface area (TPSA) is 38.4 Å². The lowest BCUT2D eigenvalue weighted by atomic mass is 10.3. The first kappa shape index (κ1) is 8.21. The molecule has 0 atom stereocenters. The minimum atomic E-state index is 0.824. The van der Waals surface area contributed by atoms with Gasteiger partial charge in [0.25, 0.3) is 0 Å². The van der Waals surface area contributed by atoms with Crippen LogP contribution in [0.1, 0.15) is 20.8 Å². The molecule has 0 heterocycles. The molecule has 0 spiro atoms. The van der Waals surface area contributed by atoms with Crippen LogP contribution < -0.4 is 5.73 Å². The van der Waals surface area contributed by atoms with Crippen LogP contribution in [0.3, 0.4) is 0 Å². The second-order valence-electron chi connectivity index (χ2n) is 1.99. The highest BCUT2D eigenvalue weighted by Crippen LogP contribution is 1.91. The van der Waals surface area contributed by atoms with Crippen molar-refractivity contribution >= 4 is 6.21 Å². The van der Waals surface area contributed by atoms with Gasteiger partial charge in [-0.1, -0.05) is 0 Å². The number of aliphatic imine (C=N–C) groups is 1. The first-order valence-electron chi connectivity index (χ1n) is 3.11. The predicted octanol–water partition coefficient (Wildman–Crippen LogP) is 1.33. The summed E-state index contributed by atoms with van der Waals surface area (Å²) in [5.41, 5.74) is 7.36. The van der Waals surface area contributed by atoms with E-state index in [4.69, 9.17) is 5.73 Å². The van der Waals surface area contributed by atoms with E-state index in [2.05, 4.69) is 4.99 Å².